The number of hydrogen-bond acceptors (Lipinski definition) is 1. The molecule has 2 aromatic carbocycles. The molecule has 0 aliphatic carbocycles. The molecular formula is C20H15F3N2. The van der Waals surface area contributed by atoms with Crippen LogP contribution < -0.4 is 10.6 Å². The predicted molar refractivity (Wildman–Crippen MR) is 91.1 cm³/mol. The average Bonchev–Trinajstić information content (AvgIpc) is 2.92. The van der Waals surface area contributed by atoms with Gasteiger partial charge in [-0.05, 0) is 23.8 Å². The first-order valence-electron chi connectivity index (χ1n) is 7.95. The zero-order valence-corrected chi connectivity index (χ0v) is 13.3. The van der Waals surface area contributed by atoms with E-state index in [0.717, 1.165) is 17.7 Å². The number of benzene rings is 2. The van der Waals surface area contributed by atoms with Crippen molar-refractivity contribution in [3.63, 3.8) is 0 Å². The number of aromatic amines is 1. The molecule has 0 amide bonds. The third kappa shape index (κ3) is 2.82. The zero-order valence-electron chi connectivity index (χ0n) is 13.3. The second-order valence-electron chi connectivity index (χ2n) is 5.99. The van der Waals surface area contributed by atoms with Gasteiger partial charge >= 0.3 is 0 Å². The Kier molecular flexibility index (Phi) is 3.84. The molecule has 0 bridgehead atoms. The lowest BCUT2D eigenvalue weighted by molar-refractivity contribution is 0.452. The Hall–Kier alpha value is -2.95. The Bertz CT molecular complexity index is 1020. The van der Waals surface area contributed by atoms with Crippen LogP contribution in [-0.2, 0) is 6.54 Å². The monoisotopic (exact) mass is 340 g/mol. The van der Waals surface area contributed by atoms with Gasteiger partial charge in [0, 0.05) is 24.6 Å². The molecule has 2 heterocycles. The van der Waals surface area contributed by atoms with Gasteiger partial charge in [0.1, 0.15) is 11.6 Å². The average molecular weight is 340 g/mol. The van der Waals surface area contributed by atoms with Gasteiger partial charge in [0.2, 0.25) is 0 Å². The number of halogens is 3. The van der Waals surface area contributed by atoms with Gasteiger partial charge in [-0.1, -0.05) is 36.4 Å². The summed E-state index contributed by atoms with van der Waals surface area (Å²) in [5.74, 6) is -2.23. The van der Waals surface area contributed by atoms with E-state index in [9.17, 15) is 13.2 Å². The number of fused-ring (bicyclic) bond motifs is 1. The molecule has 4 rings (SSSR count). The number of H-pyrrole nitrogens is 1. The summed E-state index contributed by atoms with van der Waals surface area (Å²) in [4.78, 5) is 4.77. The van der Waals surface area contributed by atoms with E-state index in [-0.39, 0.29) is 11.3 Å². The molecule has 3 aromatic rings. The van der Waals surface area contributed by atoms with Crippen molar-refractivity contribution in [2.45, 2.75) is 6.54 Å². The molecule has 0 atom stereocenters. The number of rotatable bonds is 3. The molecule has 1 aromatic heterocycles. The quantitative estimate of drug-likeness (QED) is 0.776. The minimum Gasteiger partial charge on any atom is -0.369 e. The normalized spacial score (nSPS) is 13.2. The Balaban J connectivity index is 1.76. The van der Waals surface area contributed by atoms with Crippen molar-refractivity contribution in [1.29, 1.82) is 0 Å². The van der Waals surface area contributed by atoms with E-state index in [2.05, 4.69) is 4.98 Å². The summed E-state index contributed by atoms with van der Waals surface area (Å²) < 4.78 is 42.8. The Morgan fingerprint density at radius 2 is 1.64 bits per heavy atom. The van der Waals surface area contributed by atoms with E-state index in [4.69, 9.17) is 0 Å². The highest BCUT2D eigenvalue weighted by molar-refractivity contribution is 5.63. The molecule has 1 aliphatic rings. The van der Waals surface area contributed by atoms with Gasteiger partial charge in [-0.25, -0.2) is 13.2 Å². The molecule has 0 saturated heterocycles. The fraction of sp³-hybridized carbons (Fsp3) is 0.100. The summed E-state index contributed by atoms with van der Waals surface area (Å²) in [7, 11) is 0. The lowest BCUT2D eigenvalue weighted by Crippen LogP contribution is -2.35. The van der Waals surface area contributed by atoms with Gasteiger partial charge in [0.25, 0.3) is 0 Å². The number of nitrogens with zero attached hydrogens (tertiary/aromatic N) is 1. The lowest BCUT2D eigenvalue weighted by Gasteiger charge is -2.20. The number of nitrogens with one attached hydrogen (secondary N) is 1. The van der Waals surface area contributed by atoms with Crippen LogP contribution in [0.1, 0.15) is 5.56 Å². The van der Waals surface area contributed by atoms with Crippen LogP contribution in [-0.4, -0.2) is 16.4 Å². The molecule has 0 spiro atoms. The first kappa shape index (κ1) is 15.6. The zero-order chi connectivity index (χ0) is 17.4. The van der Waals surface area contributed by atoms with Crippen molar-refractivity contribution in [1.82, 2.24) is 9.88 Å². The Morgan fingerprint density at radius 1 is 0.920 bits per heavy atom. The summed E-state index contributed by atoms with van der Waals surface area (Å²) in [5.41, 5.74) is 0.576. The summed E-state index contributed by atoms with van der Waals surface area (Å²) >= 11 is 0. The fourth-order valence-electron chi connectivity index (χ4n) is 3.08. The van der Waals surface area contributed by atoms with Crippen molar-refractivity contribution in [3.8, 4) is 11.3 Å². The van der Waals surface area contributed by atoms with E-state index in [1.54, 1.807) is 6.20 Å². The molecule has 0 saturated carbocycles. The fourth-order valence-corrected chi connectivity index (χ4v) is 3.08. The van der Waals surface area contributed by atoms with E-state index in [1.165, 1.54) is 6.07 Å². The molecular weight excluding hydrogens is 325 g/mol. The van der Waals surface area contributed by atoms with Crippen molar-refractivity contribution in [3.05, 3.63) is 82.1 Å². The van der Waals surface area contributed by atoms with Crippen molar-refractivity contribution in [2.75, 3.05) is 6.54 Å². The van der Waals surface area contributed by atoms with Crippen molar-refractivity contribution < 1.29 is 13.2 Å². The second-order valence-corrected chi connectivity index (χ2v) is 5.99. The molecule has 0 unspecified atom stereocenters. The highest BCUT2D eigenvalue weighted by atomic mass is 19.1. The maximum absolute atomic E-state index is 14.8. The topological polar surface area (TPSA) is 19.0 Å². The summed E-state index contributed by atoms with van der Waals surface area (Å²) in [6.45, 7) is 1.21. The van der Waals surface area contributed by atoms with Gasteiger partial charge < -0.3 is 9.88 Å². The van der Waals surface area contributed by atoms with E-state index in [0.29, 0.717) is 23.7 Å². The highest BCUT2D eigenvalue weighted by Crippen LogP contribution is 2.24. The smallest absolute Gasteiger partial charge is 0.158 e. The highest BCUT2D eigenvalue weighted by Gasteiger charge is 2.20. The SMILES string of the molecule is Fc1cccc(F)c1-c1[nH]c2c(c1F)=CN(Cc1ccccc1)CC=2. The number of hydrogen-bond donors (Lipinski definition) is 1. The third-order valence-electron chi connectivity index (χ3n) is 4.29. The molecule has 0 fully saturated rings. The minimum absolute atomic E-state index is 0.158. The largest absolute Gasteiger partial charge is 0.369 e. The van der Waals surface area contributed by atoms with Crippen LogP contribution in [0.4, 0.5) is 13.2 Å². The van der Waals surface area contributed by atoms with E-state index in [1.807, 2.05) is 41.3 Å². The van der Waals surface area contributed by atoms with Crippen LogP contribution in [0.25, 0.3) is 23.5 Å². The molecule has 5 heteroatoms. The molecule has 0 radical (unpaired) electrons. The maximum atomic E-state index is 14.8. The summed E-state index contributed by atoms with van der Waals surface area (Å²) in [5, 5.41) is 0.860. The summed E-state index contributed by atoms with van der Waals surface area (Å²) in [6, 6.07) is 13.3. The third-order valence-corrected chi connectivity index (χ3v) is 4.29. The second kappa shape index (κ2) is 6.16. The maximum Gasteiger partial charge on any atom is 0.158 e. The number of aromatic nitrogens is 1. The van der Waals surface area contributed by atoms with Crippen molar-refractivity contribution in [2.24, 2.45) is 0 Å². The molecule has 2 nitrogen and oxygen atoms in total. The summed E-state index contributed by atoms with van der Waals surface area (Å²) in [6.07, 6.45) is 3.51. The first-order valence-corrected chi connectivity index (χ1v) is 7.95. The van der Waals surface area contributed by atoms with Gasteiger partial charge in [-0.2, -0.15) is 0 Å². The van der Waals surface area contributed by atoms with E-state index < -0.39 is 17.5 Å². The van der Waals surface area contributed by atoms with Crippen LogP contribution in [0.2, 0.25) is 0 Å². The Morgan fingerprint density at radius 3 is 2.36 bits per heavy atom. The predicted octanol–water partition coefficient (Wildman–Crippen LogP) is 3.13. The Labute approximate surface area is 142 Å². The molecule has 126 valence electrons. The van der Waals surface area contributed by atoms with Crippen LogP contribution in [0.3, 0.4) is 0 Å². The minimum atomic E-state index is -0.793. The molecule has 1 N–H and O–H groups in total. The van der Waals surface area contributed by atoms with Gasteiger partial charge in [0.15, 0.2) is 5.82 Å². The van der Waals surface area contributed by atoms with Gasteiger partial charge in [-0.3, -0.25) is 0 Å². The van der Waals surface area contributed by atoms with Crippen LogP contribution in [0.15, 0.2) is 48.5 Å². The lowest BCUT2D eigenvalue weighted by atomic mass is 10.1. The first-order chi connectivity index (χ1) is 12.1. The van der Waals surface area contributed by atoms with Crippen LogP contribution >= 0.6 is 0 Å². The van der Waals surface area contributed by atoms with Crippen LogP contribution in [0.5, 0.6) is 0 Å². The van der Waals surface area contributed by atoms with E-state index >= 15 is 0 Å². The van der Waals surface area contributed by atoms with Crippen molar-refractivity contribution >= 4 is 12.3 Å². The van der Waals surface area contributed by atoms with Crippen LogP contribution in [0, 0.1) is 17.5 Å². The molecule has 1 aliphatic heterocycles. The standard InChI is InChI=1S/C20H15F3N2/c21-15-7-4-8-16(22)18(15)20-19(23)14-12-25(10-9-17(14)24-20)11-13-5-2-1-3-6-13/h1-9,12,24H,10-11H2. The molecule has 25 heavy (non-hydrogen) atoms. The van der Waals surface area contributed by atoms with Gasteiger partial charge in [0.05, 0.1) is 16.5 Å². The van der Waals surface area contributed by atoms with Gasteiger partial charge in [-0.15, -0.1) is 0 Å².